The van der Waals surface area contributed by atoms with Gasteiger partial charge in [0.2, 0.25) is 11.7 Å². The van der Waals surface area contributed by atoms with Gasteiger partial charge in [-0.05, 0) is 37.1 Å². The topological polar surface area (TPSA) is 97.6 Å². The minimum Gasteiger partial charge on any atom is -0.454 e. The van der Waals surface area contributed by atoms with E-state index in [0.717, 1.165) is 6.42 Å². The monoisotopic (exact) mass is 378 g/mol. The van der Waals surface area contributed by atoms with E-state index in [9.17, 15) is 9.59 Å². The van der Waals surface area contributed by atoms with Crippen LogP contribution in [0.1, 0.15) is 23.4 Å². The molecule has 2 aromatic heterocycles. The number of para-hydroxylation sites is 2. The molecule has 1 atom stereocenters. The first-order valence-corrected chi connectivity index (χ1v) is 8.89. The predicted molar refractivity (Wildman–Crippen MR) is 99.9 cm³/mol. The highest BCUT2D eigenvalue weighted by Crippen LogP contribution is 2.30. The Morgan fingerprint density at radius 3 is 2.82 bits per heavy atom. The number of amides is 2. The maximum atomic E-state index is 12.9. The molecule has 2 amide bonds. The van der Waals surface area contributed by atoms with E-state index in [1.807, 2.05) is 6.07 Å². The molecule has 1 aliphatic rings. The number of carbonyl (C=O) groups excluding carboxylic acids is 2. The number of hydrogen-bond donors (Lipinski definition) is 1. The fourth-order valence-corrected chi connectivity index (χ4v) is 3.15. The molecule has 1 unspecified atom stereocenters. The van der Waals surface area contributed by atoms with Crippen LogP contribution in [0.2, 0.25) is 0 Å². The Morgan fingerprint density at radius 2 is 2.04 bits per heavy atom. The van der Waals surface area contributed by atoms with Crippen LogP contribution in [0.15, 0.2) is 65.8 Å². The lowest BCUT2D eigenvalue weighted by Gasteiger charge is -2.23. The van der Waals surface area contributed by atoms with Gasteiger partial charge < -0.3 is 19.4 Å². The van der Waals surface area contributed by atoms with Crippen molar-refractivity contribution >= 4 is 17.5 Å². The minimum atomic E-state index is -0.580. The molecule has 1 aliphatic heterocycles. The zero-order chi connectivity index (χ0) is 19.3. The average molecular weight is 378 g/mol. The van der Waals surface area contributed by atoms with E-state index in [4.69, 9.17) is 9.15 Å². The standard InChI is InChI=1S/C20H18N4O4/c25-19(16-7-4-10-24(16)20(26)18-12-22-13-27-18)23-15-6-1-2-8-17(15)28-14-5-3-9-21-11-14/h1-3,5-6,8-9,11-13,16H,4,7,10H2,(H,23,25). The molecule has 1 fully saturated rings. The Bertz CT molecular complexity index is 959. The van der Waals surface area contributed by atoms with Crippen LogP contribution in [0.25, 0.3) is 0 Å². The number of pyridine rings is 1. The van der Waals surface area contributed by atoms with Crippen molar-refractivity contribution < 1.29 is 18.7 Å². The zero-order valence-electron chi connectivity index (χ0n) is 14.9. The molecule has 1 N–H and O–H groups in total. The number of anilines is 1. The summed E-state index contributed by atoms with van der Waals surface area (Å²) in [7, 11) is 0. The van der Waals surface area contributed by atoms with E-state index in [-0.39, 0.29) is 17.6 Å². The maximum absolute atomic E-state index is 12.9. The molecule has 4 rings (SSSR count). The second-order valence-electron chi connectivity index (χ2n) is 6.30. The number of nitrogens with zero attached hydrogens (tertiary/aromatic N) is 3. The lowest BCUT2D eigenvalue weighted by Crippen LogP contribution is -2.43. The van der Waals surface area contributed by atoms with Gasteiger partial charge >= 0.3 is 0 Å². The van der Waals surface area contributed by atoms with Crippen molar-refractivity contribution in [3.8, 4) is 11.5 Å². The maximum Gasteiger partial charge on any atom is 0.291 e. The third-order valence-electron chi connectivity index (χ3n) is 4.47. The van der Waals surface area contributed by atoms with Gasteiger partial charge in [0.1, 0.15) is 11.8 Å². The normalized spacial score (nSPS) is 16.0. The fourth-order valence-electron chi connectivity index (χ4n) is 3.15. The van der Waals surface area contributed by atoms with Crippen molar-refractivity contribution in [1.29, 1.82) is 0 Å². The van der Waals surface area contributed by atoms with Gasteiger partial charge in [-0.3, -0.25) is 14.6 Å². The summed E-state index contributed by atoms with van der Waals surface area (Å²) < 4.78 is 10.9. The third-order valence-corrected chi connectivity index (χ3v) is 4.47. The summed E-state index contributed by atoms with van der Waals surface area (Å²) in [5.41, 5.74) is 0.523. The molecule has 0 saturated carbocycles. The van der Waals surface area contributed by atoms with Crippen molar-refractivity contribution in [2.75, 3.05) is 11.9 Å². The summed E-state index contributed by atoms with van der Waals surface area (Å²) in [5.74, 6) is 0.574. The number of nitrogens with one attached hydrogen (secondary N) is 1. The highest BCUT2D eigenvalue weighted by atomic mass is 16.5. The SMILES string of the molecule is O=C(Nc1ccccc1Oc1cccnc1)C1CCCN1C(=O)c1cnco1. The summed E-state index contributed by atoms with van der Waals surface area (Å²) in [4.78, 5) is 34.7. The molecule has 1 saturated heterocycles. The molecule has 0 radical (unpaired) electrons. The molecule has 1 aromatic carbocycles. The third kappa shape index (κ3) is 3.71. The highest BCUT2D eigenvalue weighted by molar-refractivity contribution is 6.01. The molecule has 8 heteroatoms. The van der Waals surface area contributed by atoms with Gasteiger partial charge in [0.05, 0.1) is 18.1 Å². The largest absolute Gasteiger partial charge is 0.454 e. The highest BCUT2D eigenvalue weighted by Gasteiger charge is 2.36. The van der Waals surface area contributed by atoms with Gasteiger partial charge in [0.15, 0.2) is 12.1 Å². The summed E-state index contributed by atoms with van der Waals surface area (Å²) in [6.45, 7) is 0.492. The Morgan fingerprint density at radius 1 is 1.14 bits per heavy atom. The molecule has 0 spiro atoms. The van der Waals surface area contributed by atoms with Gasteiger partial charge in [-0.2, -0.15) is 0 Å². The first-order valence-electron chi connectivity index (χ1n) is 8.89. The van der Waals surface area contributed by atoms with E-state index in [1.165, 1.54) is 17.5 Å². The van der Waals surface area contributed by atoms with E-state index in [1.54, 1.807) is 42.7 Å². The molecule has 0 bridgehead atoms. The van der Waals surface area contributed by atoms with Crippen molar-refractivity contribution in [2.24, 2.45) is 0 Å². The Balaban J connectivity index is 1.50. The minimum absolute atomic E-state index is 0.125. The summed E-state index contributed by atoms with van der Waals surface area (Å²) in [6, 6.07) is 10.1. The van der Waals surface area contributed by atoms with Crippen LogP contribution >= 0.6 is 0 Å². The summed E-state index contributed by atoms with van der Waals surface area (Å²) in [6.07, 6.45) is 7.12. The molecule has 3 heterocycles. The second kappa shape index (κ2) is 7.91. The average Bonchev–Trinajstić information content (AvgIpc) is 3.42. The van der Waals surface area contributed by atoms with Crippen molar-refractivity contribution in [2.45, 2.75) is 18.9 Å². The zero-order valence-corrected chi connectivity index (χ0v) is 14.9. The molecule has 28 heavy (non-hydrogen) atoms. The molecule has 3 aromatic rings. The summed E-state index contributed by atoms with van der Waals surface area (Å²) in [5, 5.41) is 2.88. The predicted octanol–water partition coefficient (Wildman–Crippen LogP) is 3.11. The van der Waals surface area contributed by atoms with Gasteiger partial charge in [-0.1, -0.05) is 12.1 Å². The first-order chi connectivity index (χ1) is 13.7. The van der Waals surface area contributed by atoms with Gasteiger partial charge in [-0.15, -0.1) is 0 Å². The summed E-state index contributed by atoms with van der Waals surface area (Å²) >= 11 is 0. The lowest BCUT2D eigenvalue weighted by molar-refractivity contribution is -0.119. The van der Waals surface area contributed by atoms with Gasteiger partial charge in [0, 0.05) is 12.7 Å². The van der Waals surface area contributed by atoms with Gasteiger partial charge in [-0.25, -0.2) is 4.98 Å². The van der Waals surface area contributed by atoms with Crippen molar-refractivity contribution in [3.05, 3.63) is 67.1 Å². The number of ether oxygens (including phenoxy) is 1. The van der Waals surface area contributed by atoms with Crippen molar-refractivity contribution in [3.63, 3.8) is 0 Å². The first kappa shape index (κ1) is 17.7. The van der Waals surface area contributed by atoms with E-state index < -0.39 is 6.04 Å². The van der Waals surface area contributed by atoms with Crippen LogP contribution in [0.4, 0.5) is 5.69 Å². The number of aromatic nitrogens is 2. The van der Waals surface area contributed by atoms with Crippen LogP contribution < -0.4 is 10.1 Å². The number of benzene rings is 1. The Kier molecular flexibility index (Phi) is 5.01. The number of rotatable bonds is 5. The fraction of sp³-hybridized carbons (Fsp3) is 0.200. The second-order valence-corrected chi connectivity index (χ2v) is 6.30. The van der Waals surface area contributed by atoms with E-state index in [0.29, 0.717) is 30.2 Å². The van der Waals surface area contributed by atoms with Crippen LogP contribution in [0, 0.1) is 0 Å². The number of hydrogen-bond acceptors (Lipinski definition) is 6. The molecular weight excluding hydrogens is 360 g/mol. The van der Waals surface area contributed by atoms with Crippen LogP contribution in [0.5, 0.6) is 11.5 Å². The number of likely N-dealkylation sites (tertiary alicyclic amines) is 1. The van der Waals surface area contributed by atoms with E-state index >= 15 is 0 Å². The van der Waals surface area contributed by atoms with E-state index in [2.05, 4.69) is 15.3 Å². The molecule has 0 aliphatic carbocycles. The molecule has 8 nitrogen and oxygen atoms in total. The smallest absolute Gasteiger partial charge is 0.291 e. The lowest BCUT2D eigenvalue weighted by atomic mass is 10.2. The quantitative estimate of drug-likeness (QED) is 0.733. The van der Waals surface area contributed by atoms with Crippen LogP contribution in [-0.4, -0.2) is 39.3 Å². The molecule has 142 valence electrons. The van der Waals surface area contributed by atoms with Crippen LogP contribution in [-0.2, 0) is 4.79 Å². The van der Waals surface area contributed by atoms with Crippen LogP contribution in [0.3, 0.4) is 0 Å². The molecular formula is C20H18N4O4. The number of oxazole rings is 1. The van der Waals surface area contributed by atoms with Crippen molar-refractivity contribution in [1.82, 2.24) is 14.9 Å². The Hall–Kier alpha value is -3.68. The Labute approximate surface area is 161 Å². The number of carbonyl (C=O) groups is 2. The van der Waals surface area contributed by atoms with Gasteiger partial charge in [0.25, 0.3) is 5.91 Å².